The van der Waals surface area contributed by atoms with Crippen LogP contribution in [0.5, 0.6) is 0 Å². The van der Waals surface area contributed by atoms with E-state index in [1.165, 1.54) is 21.3 Å². The van der Waals surface area contributed by atoms with Crippen molar-refractivity contribution in [3.63, 3.8) is 0 Å². The Labute approximate surface area is 156 Å². The van der Waals surface area contributed by atoms with Gasteiger partial charge in [-0.15, -0.1) is 0 Å². The maximum Gasteiger partial charge on any atom is 0.248 e. The van der Waals surface area contributed by atoms with Gasteiger partial charge in [0, 0.05) is 18.7 Å². The minimum absolute atomic E-state index is 0.0509. The summed E-state index contributed by atoms with van der Waals surface area (Å²) in [5, 5.41) is 0. The summed E-state index contributed by atoms with van der Waals surface area (Å²) in [6, 6.07) is 16.5. The molecule has 0 saturated carbocycles. The zero-order chi connectivity index (χ0) is 17.6. The average molecular weight is 371 g/mol. The number of rotatable bonds is 6. The molecule has 3 aromatic rings. The van der Waals surface area contributed by atoms with Crippen molar-refractivity contribution in [2.75, 3.05) is 12.0 Å². The van der Waals surface area contributed by atoms with Gasteiger partial charge in [-0.25, -0.2) is 0 Å². The Hall–Kier alpha value is -1.85. The number of aromatic nitrogens is 1. The highest BCUT2D eigenvalue weighted by molar-refractivity contribution is 7.98. The number of fused-ring (bicyclic) bond motifs is 1. The van der Waals surface area contributed by atoms with E-state index in [9.17, 15) is 4.79 Å². The predicted octanol–water partition coefficient (Wildman–Crippen LogP) is 4.43. The van der Waals surface area contributed by atoms with Crippen molar-refractivity contribution in [1.29, 1.82) is 0 Å². The summed E-state index contributed by atoms with van der Waals surface area (Å²) in [6.07, 6.45) is 3.28. The number of amides is 1. The van der Waals surface area contributed by atoms with E-state index in [-0.39, 0.29) is 5.91 Å². The molecule has 1 amide bonds. The van der Waals surface area contributed by atoms with Crippen LogP contribution in [0.4, 0.5) is 0 Å². The second kappa shape index (κ2) is 8.50. The molecule has 0 bridgehead atoms. The fourth-order valence-electron chi connectivity index (χ4n) is 2.72. The second-order valence-electron chi connectivity index (χ2n) is 5.99. The van der Waals surface area contributed by atoms with Crippen LogP contribution in [0.3, 0.4) is 0 Å². The first-order valence-corrected chi connectivity index (χ1v) is 10.6. The highest BCUT2D eigenvalue weighted by Crippen LogP contribution is 2.19. The molecular formula is C20H22N2OS2. The van der Waals surface area contributed by atoms with Gasteiger partial charge in [0.2, 0.25) is 5.91 Å². The average Bonchev–Trinajstić information content (AvgIpc) is 2.95. The summed E-state index contributed by atoms with van der Waals surface area (Å²) in [7, 11) is 0. The number of thiazole rings is 1. The van der Waals surface area contributed by atoms with E-state index in [0.717, 1.165) is 23.5 Å². The van der Waals surface area contributed by atoms with E-state index in [0.29, 0.717) is 6.42 Å². The van der Waals surface area contributed by atoms with E-state index in [4.69, 9.17) is 0 Å². The van der Waals surface area contributed by atoms with Crippen LogP contribution in [0.25, 0.3) is 10.2 Å². The molecule has 0 fully saturated rings. The molecule has 0 atom stereocenters. The Kier molecular flexibility index (Phi) is 6.10. The van der Waals surface area contributed by atoms with Gasteiger partial charge in [0.1, 0.15) is 0 Å². The summed E-state index contributed by atoms with van der Waals surface area (Å²) in [4.78, 5) is 17.6. The molecule has 25 heavy (non-hydrogen) atoms. The first kappa shape index (κ1) is 18.0. The second-order valence-corrected chi connectivity index (χ2v) is 7.99. The molecule has 5 heteroatoms. The van der Waals surface area contributed by atoms with E-state index in [1.807, 2.05) is 30.3 Å². The van der Waals surface area contributed by atoms with Crippen molar-refractivity contribution < 1.29 is 4.79 Å². The molecule has 3 rings (SSSR count). The molecule has 1 heterocycles. The third-order valence-electron chi connectivity index (χ3n) is 4.05. The molecule has 0 aliphatic carbocycles. The minimum Gasteiger partial charge on any atom is -0.316 e. The minimum atomic E-state index is -0.0509. The zero-order valence-corrected chi connectivity index (χ0v) is 16.2. The lowest BCUT2D eigenvalue weighted by Gasteiger charge is -2.04. The summed E-state index contributed by atoms with van der Waals surface area (Å²) in [5.41, 5.74) is 3.57. The Bertz CT molecular complexity index is 926. The summed E-state index contributed by atoms with van der Waals surface area (Å²) < 4.78 is 3.37. The van der Waals surface area contributed by atoms with Gasteiger partial charge in [0.15, 0.2) is 4.80 Å². The number of aryl methyl sites for hydroxylation is 3. The number of hydrogen-bond donors (Lipinski definition) is 0. The maximum atomic E-state index is 12.4. The van der Waals surface area contributed by atoms with Crippen LogP contribution in [-0.2, 0) is 17.8 Å². The van der Waals surface area contributed by atoms with Crippen molar-refractivity contribution >= 4 is 39.2 Å². The van der Waals surface area contributed by atoms with E-state index in [2.05, 4.69) is 40.9 Å². The number of benzene rings is 2. The van der Waals surface area contributed by atoms with Crippen LogP contribution in [0.1, 0.15) is 17.5 Å². The smallest absolute Gasteiger partial charge is 0.248 e. The zero-order valence-electron chi connectivity index (χ0n) is 14.6. The fourth-order valence-corrected chi connectivity index (χ4v) is 4.26. The summed E-state index contributed by atoms with van der Waals surface area (Å²) in [6.45, 7) is 2.96. The number of thioether (sulfide) groups is 1. The standard InChI is InChI=1S/C20H22N2OS2/c1-15-8-10-17-18(14-15)25-20(22(17)12-13-24-2)21-19(23)11-9-16-6-4-3-5-7-16/h3-8,10,14H,9,11-13H2,1-2H3. The van der Waals surface area contributed by atoms with Crippen LogP contribution in [-0.4, -0.2) is 22.5 Å². The van der Waals surface area contributed by atoms with Gasteiger partial charge in [-0.05, 0) is 42.9 Å². The third-order valence-corrected chi connectivity index (χ3v) is 5.68. The number of nitrogens with zero attached hydrogens (tertiary/aromatic N) is 2. The Morgan fingerprint density at radius 1 is 1.20 bits per heavy atom. The molecule has 0 spiro atoms. The van der Waals surface area contributed by atoms with Gasteiger partial charge in [-0.1, -0.05) is 47.7 Å². The van der Waals surface area contributed by atoms with Gasteiger partial charge >= 0.3 is 0 Å². The Balaban J connectivity index is 1.87. The molecule has 2 aromatic carbocycles. The van der Waals surface area contributed by atoms with Crippen LogP contribution in [0.2, 0.25) is 0 Å². The van der Waals surface area contributed by atoms with Crippen LogP contribution in [0, 0.1) is 6.92 Å². The highest BCUT2D eigenvalue weighted by Gasteiger charge is 2.08. The molecular weight excluding hydrogens is 348 g/mol. The van der Waals surface area contributed by atoms with Crippen molar-refractivity contribution in [1.82, 2.24) is 4.57 Å². The Morgan fingerprint density at radius 3 is 2.76 bits per heavy atom. The van der Waals surface area contributed by atoms with Gasteiger partial charge in [-0.3, -0.25) is 4.79 Å². The van der Waals surface area contributed by atoms with Crippen LogP contribution in [0.15, 0.2) is 53.5 Å². The number of carbonyl (C=O) groups is 1. The fraction of sp³-hybridized carbons (Fsp3) is 0.300. The maximum absolute atomic E-state index is 12.4. The summed E-state index contributed by atoms with van der Waals surface area (Å²) in [5.74, 6) is 0.954. The molecule has 130 valence electrons. The quantitative estimate of drug-likeness (QED) is 0.643. The molecule has 0 N–H and O–H groups in total. The molecule has 1 aromatic heterocycles. The first-order valence-electron chi connectivity index (χ1n) is 8.38. The Morgan fingerprint density at radius 2 is 2.00 bits per heavy atom. The van der Waals surface area contributed by atoms with Crippen LogP contribution >= 0.6 is 23.1 Å². The monoisotopic (exact) mass is 370 g/mol. The van der Waals surface area contributed by atoms with Crippen molar-refractivity contribution in [2.45, 2.75) is 26.3 Å². The SMILES string of the molecule is CSCCn1c(=NC(=O)CCc2ccccc2)sc2cc(C)ccc21. The lowest BCUT2D eigenvalue weighted by atomic mass is 10.1. The first-order chi connectivity index (χ1) is 12.2. The largest absolute Gasteiger partial charge is 0.316 e. The van der Waals surface area contributed by atoms with Gasteiger partial charge < -0.3 is 4.57 Å². The molecule has 0 aliphatic rings. The summed E-state index contributed by atoms with van der Waals surface area (Å²) >= 11 is 3.41. The molecule has 3 nitrogen and oxygen atoms in total. The van der Waals surface area contributed by atoms with E-state index >= 15 is 0 Å². The topological polar surface area (TPSA) is 34.4 Å². The van der Waals surface area contributed by atoms with E-state index in [1.54, 1.807) is 23.1 Å². The molecule has 0 unspecified atom stereocenters. The van der Waals surface area contributed by atoms with Crippen molar-refractivity contribution in [3.05, 3.63) is 64.5 Å². The predicted molar refractivity (Wildman–Crippen MR) is 108 cm³/mol. The molecule has 0 radical (unpaired) electrons. The van der Waals surface area contributed by atoms with E-state index < -0.39 is 0 Å². The van der Waals surface area contributed by atoms with Crippen molar-refractivity contribution in [3.8, 4) is 0 Å². The highest BCUT2D eigenvalue weighted by atomic mass is 32.2. The molecule has 0 saturated heterocycles. The number of hydrogen-bond acceptors (Lipinski definition) is 3. The third kappa shape index (κ3) is 4.61. The van der Waals surface area contributed by atoms with Gasteiger partial charge in [0.05, 0.1) is 10.2 Å². The number of carbonyl (C=O) groups excluding carboxylic acids is 1. The van der Waals surface area contributed by atoms with Gasteiger partial charge in [0.25, 0.3) is 0 Å². The van der Waals surface area contributed by atoms with Gasteiger partial charge in [-0.2, -0.15) is 16.8 Å². The van der Waals surface area contributed by atoms with Crippen LogP contribution < -0.4 is 4.80 Å². The lowest BCUT2D eigenvalue weighted by Crippen LogP contribution is -2.18. The molecule has 0 aliphatic heterocycles. The van der Waals surface area contributed by atoms with Crippen molar-refractivity contribution in [2.24, 2.45) is 4.99 Å². The lowest BCUT2D eigenvalue weighted by molar-refractivity contribution is -0.118. The normalized spacial score (nSPS) is 12.0.